The zero-order chi connectivity index (χ0) is 8.27. The van der Waals surface area contributed by atoms with Crippen LogP contribution >= 0.6 is 0 Å². The molecule has 0 aliphatic rings. The first-order valence-corrected chi connectivity index (χ1v) is 5.91. The van der Waals surface area contributed by atoms with Crippen molar-refractivity contribution in [3.05, 3.63) is 23.8 Å². The van der Waals surface area contributed by atoms with Gasteiger partial charge < -0.3 is 0 Å². The topological polar surface area (TPSA) is 20.2 Å². The molecule has 0 radical (unpaired) electrons. The fraction of sp³-hybridized carbons (Fsp3) is 0.250. The first-order valence-electron chi connectivity index (χ1n) is 3.49. The molecule has 3 heteroatoms. The molecule has 1 rings (SSSR count). The van der Waals surface area contributed by atoms with Gasteiger partial charge in [-0.2, -0.15) is 0 Å². The summed E-state index contributed by atoms with van der Waals surface area (Å²) in [5.74, 6) is 0. The van der Waals surface area contributed by atoms with Crippen molar-refractivity contribution in [3.63, 3.8) is 0 Å². The van der Waals surface area contributed by atoms with Gasteiger partial charge >= 0.3 is 84.3 Å². The van der Waals surface area contributed by atoms with E-state index >= 15 is 0 Å². The zero-order valence-corrected chi connectivity index (χ0v) is 11.1. The van der Waals surface area contributed by atoms with Crippen LogP contribution in [0.1, 0.15) is 5.56 Å². The molecular formula is C8H12As2O. The van der Waals surface area contributed by atoms with Crippen molar-refractivity contribution in [2.45, 2.75) is 6.42 Å². The standard InChI is InChI=1S/C8H12As2O/c9-7-1-2-8(10)6(5-7)3-4-11/h1-2,5,11H,3-4,9-10H2. The summed E-state index contributed by atoms with van der Waals surface area (Å²) in [6, 6.07) is 6.45. The Morgan fingerprint density at radius 1 is 1.27 bits per heavy atom. The summed E-state index contributed by atoms with van der Waals surface area (Å²) in [5.41, 5.74) is 1.30. The Hall–Kier alpha value is 0.297. The van der Waals surface area contributed by atoms with Crippen LogP contribution in [0.3, 0.4) is 0 Å². The van der Waals surface area contributed by atoms with Crippen molar-refractivity contribution in [1.82, 2.24) is 0 Å². The molecular weight excluding hydrogens is 262 g/mol. The van der Waals surface area contributed by atoms with E-state index in [4.69, 9.17) is 5.11 Å². The molecule has 0 amide bonds. The Kier molecular flexibility index (Phi) is 3.71. The van der Waals surface area contributed by atoms with Gasteiger partial charge in [-0.15, -0.1) is 0 Å². The Morgan fingerprint density at radius 2 is 2.00 bits per heavy atom. The Morgan fingerprint density at radius 3 is 2.64 bits per heavy atom. The summed E-state index contributed by atoms with van der Waals surface area (Å²) in [4.78, 5) is 0. The maximum atomic E-state index is 8.75. The van der Waals surface area contributed by atoms with E-state index in [1.54, 1.807) is 33.7 Å². The van der Waals surface area contributed by atoms with Crippen LogP contribution in [-0.2, 0) is 6.42 Å². The van der Waals surface area contributed by atoms with Gasteiger partial charge in [0.1, 0.15) is 0 Å². The van der Waals surface area contributed by atoms with Gasteiger partial charge in [0.15, 0.2) is 0 Å². The Bertz CT molecular complexity index is 248. The quantitative estimate of drug-likeness (QED) is 0.603. The van der Waals surface area contributed by atoms with E-state index in [2.05, 4.69) is 18.2 Å². The fourth-order valence-corrected chi connectivity index (χ4v) is 2.27. The normalized spacial score (nSPS) is 10.1. The average molecular weight is 274 g/mol. The molecule has 0 aliphatic heterocycles. The van der Waals surface area contributed by atoms with Crippen molar-refractivity contribution in [3.8, 4) is 0 Å². The molecule has 1 aromatic carbocycles. The van der Waals surface area contributed by atoms with Crippen molar-refractivity contribution in [2.24, 2.45) is 0 Å². The molecule has 11 heavy (non-hydrogen) atoms. The van der Waals surface area contributed by atoms with Crippen molar-refractivity contribution < 1.29 is 5.11 Å². The molecule has 0 saturated heterocycles. The number of aliphatic hydroxyl groups excluding tert-OH is 1. The third-order valence-corrected chi connectivity index (χ3v) is 3.48. The third kappa shape index (κ3) is 2.67. The first kappa shape index (κ1) is 9.39. The number of rotatable bonds is 2. The van der Waals surface area contributed by atoms with Crippen molar-refractivity contribution >= 4 is 42.4 Å². The number of hydrogen-bond acceptors (Lipinski definition) is 1. The SMILES string of the molecule is OCCc1cc([AsH2])ccc1[AsH2]. The van der Waals surface area contributed by atoms with Crippen LogP contribution in [0.5, 0.6) is 0 Å². The van der Waals surface area contributed by atoms with Gasteiger partial charge in [0.05, 0.1) is 0 Å². The van der Waals surface area contributed by atoms with E-state index in [0.717, 1.165) is 6.42 Å². The minimum absolute atomic E-state index is 0.257. The second-order valence-corrected chi connectivity index (χ2v) is 5.14. The van der Waals surface area contributed by atoms with E-state index in [-0.39, 0.29) is 6.61 Å². The monoisotopic (exact) mass is 274 g/mol. The van der Waals surface area contributed by atoms with E-state index < -0.39 is 0 Å². The summed E-state index contributed by atoms with van der Waals surface area (Å²) >= 11 is 3.27. The average Bonchev–Trinajstić information content (AvgIpc) is 1.98. The summed E-state index contributed by atoms with van der Waals surface area (Å²) in [6.45, 7) is 0.257. The maximum absolute atomic E-state index is 8.75. The second kappa shape index (κ2) is 4.35. The molecule has 1 N–H and O–H groups in total. The predicted octanol–water partition coefficient (Wildman–Crippen LogP) is -2.26. The molecule has 1 nitrogen and oxygen atoms in total. The molecule has 0 bridgehead atoms. The van der Waals surface area contributed by atoms with Crippen molar-refractivity contribution in [2.75, 3.05) is 6.61 Å². The van der Waals surface area contributed by atoms with E-state index in [1.165, 1.54) is 14.3 Å². The first-order chi connectivity index (χ1) is 5.24. The molecule has 2 atom stereocenters. The summed E-state index contributed by atoms with van der Waals surface area (Å²) < 4.78 is 2.68. The van der Waals surface area contributed by atoms with E-state index in [1.807, 2.05) is 0 Å². The molecule has 0 saturated carbocycles. The molecule has 0 spiro atoms. The molecule has 2 unspecified atom stereocenters. The summed E-state index contributed by atoms with van der Waals surface area (Å²) in [6.07, 6.45) is 0.797. The van der Waals surface area contributed by atoms with Gasteiger partial charge in [0.25, 0.3) is 0 Å². The van der Waals surface area contributed by atoms with E-state index in [0.29, 0.717) is 0 Å². The Labute approximate surface area is 84.2 Å². The molecule has 0 aliphatic carbocycles. The van der Waals surface area contributed by atoms with E-state index in [9.17, 15) is 0 Å². The summed E-state index contributed by atoms with van der Waals surface area (Å²) in [5, 5.41) is 8.75. The van der Waals surface area contributed by atoms with Crippen LogP contribution in [0.4, 0.5) is 0 Å². The van der Waals surface area contributed by atoms with Gasteiger partial charge in [-0.05, 0) is 0 Å². The third-order valence-electron chi connectivity index (χ3n) is 1.55. The second-order valence-electron chi connectivity index (χ2n) is 2.43. The van der Waals surface area contributed by atoms with Crippen LogP contribution in [0.15, 0.2) is 18.2 Å². The van der Waals surface area contributed by atoms with Gasteiger partial charge in [-0.25, -0.2) is 0 Å². The van der Waals surface area contributed by atoms with Gasteiger partial charge in [-0.1, -0.05) is 0 Å². The minimum atomic E-state index is 0.257. The number of benzene rings is 1. The Balaban J connectivity index is 2.93. The van der Waals surface area contributed by atoms with Crippen LogP contribution in [-0.4, -0.2) is 45.4 Å². The molecule has 0 heterocycles. The van der Waals surface area contributed by atoms with Gasteiger partial charge in [0.2, 0.25) is 0 Å². The van der Waals surface area contributed by atoms with Crippen LogP contribution < -0.4 is 8.70 Å². The molecule has 60 valence electrons. The van der Waals surface area contributed by atoms with Crippen molar-refractivity contribution in [1.29, 1.82) is 0 Å². The molecule has 1 aromatic rings. The number of hydrogen-bond donors (Lipinski definition) is 1. The predicted molar refractivity (Wildman–Crippen MR) is 53.6 cm³/mol. The summed E-state index contributed by atoms with van der Waals surface area (Å²) in [7, 11) is 0. The molecule has 0 aromatic heterocycles. The fourth-order valence-electron chi connectivity index (χ4n) is 0.963. The van der Waals surface area contributed by atoms with Crippen LogP contribution in [0, 0.1) is 0 Å². The number of aliphatic hydroxyl groups is 1. The molecule has 0 fully saturated rings. The van der Waals surface area contributed by atoms with Gasteiger partial charge in [-0.3, -0.25) is 0 Å². The van der Waals surface area contributed by atoms with Gasteiger partial charge in [0, 0.05) is 0 Å². The zero-order valence-electron chi connectivity index (χ0n) is 6.25. The van der Waals surface area contributed by atoms with Crippen LogP contribution in [0.25, 0.3) is 0 Å². The van der Waals surface area contributed by atoms with Crippen LogP contribution in [0.2, 0.25) is 0 Å².